The predicted octanol–water partition coefficient (Wildman–Crippen LogP) is 9.89. The van der Waals surface area contributed by atoms with Crippen LogP contribution in [0.25, 0.3) is 67.7 Å². The first-order valence-electron chi connectivity index (χ1n) is 14.7. The molecule has 210 valence electrons. The van der Waals surface area contributed by atoms with Crippen molar-refractivity contribution in [3.8, 4) is 67.7 Å². The average molecular weight is 567 g/mol. The van der Waals surface area contributed by atoms with Crippen LogP contribution in [0.2, 0.25) is 0 Å². The molecule has 0 bridgehead atoms. The number of hydrogen-bond donors (Lipinski definition) is 0. The van der Waals surface area contributed by atoms with E-state index in [9.17, 15) is 0 Å². The lowest BCUT2D eigenvalue weighted by atomic mass is 10.0. The lowest BCUT2D eigenvalue weighted by Gasteiger charge is -2.10. The van der Waals surface area contributed by atoms with Gasteiger partial charge in [-0.1, -0.05) is 139 Å². The molecule has 0 unspecified atom stereocenters. The van der Waals surface area contributed by atoms with Crippen LogP contribution >= 0.6 is 0 Å². The zero-order chi connectivity index (χ0) is 29.9. The summed E-state index contributed by atoms with van der Waals surface area (Å²) in [4.78, 5) is 19.3. The third kappa shape index (κ3) is 5.79. The fourth-order valence-corrected chi connectivity index (χ4v) is 5.20. The molecule has 0 radical (unpaired) electrons. The third-order valence-electron chi connectivity index (χ3n) is 7.80. The number of nitrogens with zero attached hydrogens (tertiary/aromatic N) is 4. The van der Waals surface area contributed by atoms with Gasteiger partial charge in [0.1, 0.15) is 0 Å². The second-order valence-corrected chi connectivity index (χ2v) is 11.0. The summed E-state index contributed by atoms with van der Waals surface area (Å²) in [5.41, 5.74) is 11.9. The number of rotatable bonds is 6. The van der Waals surface area contributed by atoms with E-state index in [1.807, 2.05) is 36.5 Å². The van der Waals surface area contributed by atoms with Crippen molar-refractivity contribution < 1.29 is 0 Å². The largest absolute Gasteiger partial charge is 0.256 e. The number of aryl methyl sites for hydroxylation is 2. The Morgan fingerprint density at radius 3 is 0.977 bits per heavy atom. The Hall–Kier alpha value is -5.74. The van der Waals surface area contributed by atoms with Crippen LogP contribution < -0.4 is 0 Å². The first kappa shape index (κ1) is 27.1. The summed E-state index contributed by atoms with van der Waals surface area (Å²) < 4.78 is 0. The van der Waals surface area contributed by atoms with E-state index in [0.717, 1.165) is 39.1 Å². The molecule has 0 N–H and O–H groups in total. The van der Waals surface area contributed by atoms with Gasteiger partial charge in [0.15, 0.2) is 17.5 Å². The quantitative estimate of drug-likeness (QED) is 0.201. The van der Waals surface area contributed by atoms with E-state index >= 15 is 0 Å². The van der Waals surface area contributed by atoms with Crippen molar-refractivity contribution in [3.63, 3.8) is 0 Å². The van der Waals surface area contributed by atoms with Crippen LogP contribution in [0.4, 0.5) is 0 Å². The van der Waals surface area contributed by atoms with Crippen molar-refractivity contribution in [1.82, 2.24) is 19.9 Å². The van der Waals surface area contributed by atoms with Crippen LogP contribution in [0.5, 0.6) is 0 Å². The van der Waals surface area contributed by atoms with Gasteiger partial charge in [0.2, 0.25) is 0 Å². The van der Waals surface area contributed by atoms with Gasteiger partial charge < -0.3 is 0 Å². The molecular weight excluding hydrogens is 536 g/mol. The summed E-state index contributed by atoms with van der Waals surface area (Å²) in [5, 5.41) is 0. The van der Waals surface area contributed by atoms with Crippen molar-refractivity contribution in [1.29, 1.82) is 0 Å². The van der Waals surface area contributed by atoms with Gasteiger partial charge in [-0.3, -0.25) is 4.98 Å². The van der Waals surface area contributed by atoms with E-state index in [1.54, 1.807) is 0 Å². The fourth-order valence-electron chi connectivity index (χ4n) is 5.20. The Morgan fingerprint density at radius 2 is 0.636 bits per heavy atom. The highest BCUT2D eigenvalue weighted by Crippen LogP contribution is 2.29. The summed E-state index contributed by atoms with van der Waals surface area (Å²) in [6.45, 7) is 4.20. The van der Waals surface area contributed by atoms with E-state index < -0.39 is 0 Å². The Bertz CT molecular complexity index is 1910. The SMILES string of the molecule is Cc1ccc(-c2ccc(-c3nc(-c4ccc(-c5ccc(C)cc5)cc4)nc(-c4ccc(-c5ccccn5)cc4)n3)cc2)cc1. The van der Waals surface area contributed by atoms with Gasteiger partial charge in [-0.25, -0.2) is 15.0 Å². The molecule has 2 aromatic heterocycles. The molecule has 4 heteroatoms. The number of aromatic nitrogens is 4. The minimum absolute atomic E-state index is 0.628. The van der Waals surface area contributed by atoms with Crippen LogP contribution in [-0.2, 0) is 0 Å². The van der Waals surface area contributed by atoms with Crippen molar-refractivity contribution in [2.45, 2.75) is 13.8 Å². The highest BCUT2D eigenvalue weighted by molar-refractivity contribution is 5.73. The molecule has 0 aliphatic carbocycles. The molecule has 4 nitrogen and oxygen atoms in total. The lowest BCUT2D eigenvalue weighted by Crippen LogP contribution is -2.00. The summed E-state index contributed by atoms with van der Waals surface area (Å²) in [6, 6.07) is 48.1. The molecule has 2 heterocycles. The van der Waals surface area contributed by atoms with Crippen molar-refractivity contribution in [3.05, 3.63) is 157 Å². The van der Waals surface area contributed by atoms with E-state index in [4.69, 9.17) is 15.0 Å². The second kappa shape index (κ2) is 11.9. The van der Waals surface area contributed by atoms with E-state index in [-0.39, 0.29) is 0 Å². The second-order valence-electron chi connectivity index (χ2n) is 11.0. The van der Waals surface area contributed by atoms with Crippen LogP contribution in [0.1, 0.15) is 11.1 Å². The van der Waals surface area contributed by atoms with Crippen molar-refractivity contribution in [2.75, 3.05) is 0 Å². The van der Waals surface area contributed by atoms with Gasteiger partial charge in [0, 0.05) is 28.5 Å². The number of pyridine rings is 1. The first-order valence-corrected chi connectivity index (χ1v) is 14.7. The van der Waals surface area contributed by atoms with Gasteiger partial charge >= 0.3 is 0 Å². The highest BCUT2D eigenvalue weighted by atomic mass is 15.0. The van der Waals surface area contributed by atoms with Crippen molar-refractivity contribution >= 4 is 0 Å². The molecule has 44 heavy (non-hydrogen) atoms. The standard InChI is InChI=1S/C40H30N4/c1-27-6-10-29(11-7-27)31-14-20-34(21-15-31)38-42-39(35-22-16-32(17-23-35)30-12-8-28(2)9-13-30)44-40(43-38)36-24-18-33(19-25-36)37-5-3-4-26-41-37/h3-26H,1-2H3. The minimum atomic E-state index is 0.628. The minimum Gasteiger partial charge on any atom is -0.256 e. The lowest BCUT2D eigenvalue weighted by molar-refractivity contribution is 1.07. The summed E-state index contributed by atoms with van der Waals surface area (Å²) >= 11 is 0. The molecule has 0 fully saturated rings. The third-order valence-corrected chi connectivity index (χ3v) is 7.80. The molecule has 0 aliphatic rings. The smallest absolute Gasteiger partial charge is 0.164 e. The summed E-state index contributed by atoms with van der Waals surface area (Å²) in [5.74, 6) is 1.90. The van der Waals surface area contributed by atoms with Gasteiger partial charge in [-0.05, 0) is 48.2 Å². The Morgan fingerprint density at radius 1 is 0.318 bits per heavy atom. The van der Waals surface area contributed by atoms with Gasteiger partial charge in [-0.15, -0.1) is 0 Å². The normalized spacial score (nSPS) is 11.0. The number of benzene rings is 5. The molecule has 7 aromatic rings. The van der Waals surface area contributed by atoms with Crippen LogP contribution in [0, 0.1) is 13.8 Å². The average Bonchev–Trinajstić information content (AvgIpc) is 3.09. The van der Waals surface area contributed by atoms with Crippen LogP contribution in [0.3, 0.4) is 0 Å². The molecule has 0 saturated carbocycles. The summed E-state index contributed by atoms with van der Waals surface area (Å²) in [7, 11) is 0. The molecule has 0 amide bonds. The molecule has 0 atom stereocenters. The highest BCUT2D eigenvalue weighted by Gasteiger charge is 2.13. The zero-order valence-electron chi connectivity index (χ0n) is 24.6. The first-order chi connectivity index (χ1) is 21.6. The molecule has 5 aromatic carbocycles. The monoisotopic (exact) mass is 566 g/mol. The zero-order valence-corrected chi connectivity index (χ0v) is 24.6. The Kier molecular flexibility index (Phi) is 7.31. The molecule has 7 rings (SSSR count). The fraction of sp³-hybridized carbons (Fsp3) is 0.0500. The van der Waals surface area contributed by atoms with E-state index in [0.29, 0.717) is 17.5 Å². The van der Waals surface area contributed by atoms with Crippen LogP contribution in [-0.4, -0.2) is 19.9 Å². The number of hydrogen-bond acceptors (Lipinski definition) is 4. The predicted molar refractivity (Wildman–Crippen MR) is 180 cm³/mol. The van der Waals surface area contributed by atoms with Gasteiger partial charge in [-0.2, -0.15) is 0 Å². The maximum absolute atomic E-state index is 4.96. The van der Waals surface area contributed by atoms with Gasteiger partial charge in [0.05, 0.1) is 5.69 Å². The molecule has 0 saturated heterocycles. The molecule has 0 spiro atoms. The topological polar surface area (TPSA) is 51.6 Å². The maximum atomic E-state index is 4.96. The Labute approximate surface area is 257 Å². The van der Waals surface area contributed by atoms with Gasteiger partial charge in [0.25, 0.3) is 0 Å². The molecular formula is C40H30N4. The summed E-state index contributed by atoms with van der Waals surface area (Å²) in [6.07, 6.45) is 1.81. The van der Waals surface area contributed by atoms with Crippen LogP contribution in [0.15, 0.2) is 146 Å². The van der Waals surface area contributed by atoms with E-state index in [2.05, 4.69) is 128 Å². The van der Waals surface area contributed by atoms with Crippen molar-refractivity contribution in [2.24, 2.45) is 0 Å². The maximum Gasteiger partial charge on any atom is 0.164 e. The molecule has 0 aliphatic heterocycles. The van der Waals surface area contributed by atoms with E-state index in [1.165, 1.54) is 22.3 Å². The Balaban J connectivity index is 1.27.